The number of hydrogen-bond acceptors (Lipinski definition) is 4. The lowest BCUT2D eigenvalue weighted by atomic mass is 9.82. The summed E-state index contributed by atoms with van der Waals surface area (Å²) in [5, 5.41) is 13.0. The minimum absolute atomic E-state index is 0.113. The van der Waals surface area contributed by atoms with Crippen LogP contribution in [-0.4, -0.2) is 21.6 Å². The maximum Gasteiger partial charge on any atom is 0.355 e. The molecule has 5 heteroatoms. The molecular weight excluding hydrogens is 248 g/mol. The Labute approximate surface area is 112 Å². The van der Waals surface area contributed by atoms with Gasteiger partial charge in [-0.25, -0.2) is 9.78 Å². The summed E-state index contributed by atoms with van der Waals surface area (Å²) in [5.74, 6) is -0.967. The van der Waals surface area contributed by atoms with Crippen LogP contribution in [0.1, 0.15) is 56.4 Å². The van der Waals surface area contributed by atoms with Crippen molar-refractivity contribution in [2.24, 2.45) is 5.41 Å². The predicted octanol–water partition coefficient (Wildman–Crippen LogP) is 3.78. The highest BCUT2D eigenvalue weighted by molar-refractivity contribution is 7.15. The number of aromatic carboxylic acids is 1. The van der Waals surface area contributed by atoms with Gasteiger partial charge in [-0.1, -0.05) is 20.8 Å². The lowest BCUT2D eigenvalue weighted by Gasteiger charge is -2.33. The van der Waals surface area contributed by atoms with Gasteiger partial charge in [-0.3, -0.25) is 0 Å². The summed E-state index contributed by atoms with van der Waals surface area (Å²) < 4.78 is 0. The van der Waals surface area contributed by atoms with Crippen LogP contribution in [0.15, 0.2) is 0 Å². The Balaban J connectivity index is 2.84. The topological polar surface area (TPSA) is 62.2 Å². The van der Waals surface area contributed by atoms with Gasteiger partial charge in [0.1, 0.15) is 0 Å². The van der Waals surface area contributed by atoms with Gasteiger partial charge in [0.2, 0.25) is 0 Å². The summed E-state index contributed by atoms with van der Waals surface area (Å²) in [5.41, 5.74) is 0.241. The van der Waals surface area contributed by atoms with Crippen LogP contribution in [0.4, 0.5) is 5.13 Å². The number of carbonyl (C=O) groups is 1. The number of aryl methyl sites for hydroxylation is 1. The molecular formula is C13H22N2O2S. The maximum atomic E-state index is 10.9. The molecule has 0 aromatic carbocycles. The summed E-state index contributed by atoms with van der Waals surface area (Å²) in [4.78, 5) is 15.8. The SMILES string of the molecule is Cc1sc(NC(C)(C)CC(C)(C)C)nc1C(=O)O. The average Bonchev–Trinajstić information content (AvgIpc) is 2.40. The molecule has 0 saturated heterocycles. The largest absolute Gasteiger partial charge is 0.476 e. The van der Waals surface area contributed by atoms with Crippen LogP contribution in [0.3, 0.4) is 0 Å². The first-order valence-electron chi connectivity index (χ1n) is 5.99. The van der Waals surface area contributed by atoms with Crippen molar-refractivity contribution in [3.05, 3.63) is 10.6 Å². The van der Waals surface area contributed by atoms with Gasteiger partial charge in [0, 0.05) is 10.4 Å². The Bertz CT molecular complexity index is 444. The summed E-state index contributed by atoms with van der Waals surface area (Å²) in [6.45, 7) is 12.6. The van der Waals surface area contributed by atoms with Crippen LogP contribution in [0.2, 0.25) is 0 Å². The Morgan fingerprint density at radius 3 is 2.28 bits per heavy atom. The van der Waals surface area contributed by atoms with Crippen LogP contribution >= 0.6 is 11.3 Å². The van der Waals surface area contributed by atoms with Gasteiger partial charge < -0.3 is 10.4 Å². The smallest absolute Gasteiger partial charge is 0.355 e. The zero-order chi connectivity index (χ0) is 14.1. The average molecular weight is 270 g/mol. The zero-order valence-electron chi connectivity index (χ0n) is 11.9. The van der Waals surface area contributed by atoms with E-state index in [0.29, 0.717) is 5.13 Å². The van der Waals surface area contributed by atoms with E-state index in [1.54, 1.807) is 6.92 Å². The molecule has 102 valence electrons. The first-order chi connectivity index (χ1) is 8.00. The van der Waals surface area contributed by atoms with Gasteiger partial charge in [-0.05, 0) is 32.6 Å². The number of anilines is 1. The minimum Gasteiger partial charge on any atom is -0.476 e. The molecule has 0 fully saturated rings. The third-order valence-corrected chi connectivity index (χ3v) is 3.30. The van der Waals surface area contributed by atoms with Gasteiger partial charge in [0.05, 0.1) is 0 Å². The molecule has 4 nitrogen and oxygen atoms in total. The number of carboxylic acids is 1. The number of hydrogen-bond donors (Lipinski definition) is 2. The molecule has 1 aromatic rings. The fourth-order valence-electron chi connectivity index (χ4n) is 2.31. The Morgan fingerprint density at radius 2 is 1.89 bits per heavy atom. The van der Waals surface area contributed by atoms with E-state index in [1.807, 2.05) is 0 Å². The lowest BCUT2D eigenvalue weighted by molar-refractivity contribution is 0.0690. The molecule has 2 N–H and O–H groups in total. The van der Waals surface area contributed by atoms with Gasteiger partial charge in [-0.2, -0.15) is 0 Å². The Morgan fingerprint density at radius 1 is 1.33 bits per heavy atom. The number of rotatable bonds is 4. The van der Waals surface area contributed by atoms with Crippen molar-refractivity contribution in [3.63, 3.8) is 0 Å². The fourth-order valence-corrected chi connectivity index (χ4v) is 3.29. The highest BCUT2D eigenvalue weighted by atomic mass is 32.1. The Hall–Kier alpha value is -1.10. The van der Waals surface area contributed by atoms with E-state index < -0.39 is 5.97 Å². The van der Waals surface area contributed by atoms with Crippen molar-refractivity contribution in [2.75, 3.05) is 5.32 Å². The maximum absolute atomic E-state index is 10.9. The van der Waals surface area contributed by atoms with Gasteiger partial charge >= 0.3 is 5.97 Å². The molecule has 0 aliphatic carbocycles. The van der Waals surface area contributed by atoms with Gasteiger partial charge in [-0.15, -0.1) is 11.3 Å². The molecule has 1 heterocycles. The Kier molecular flexibility index (Phi) is 4.05. The molecule has 18 heavy (non-hydrogen) atoms. The monoisotopic (exact) mass is 270 g/mol. The third kappa shape index (κ3) is 4.29. The van der Waals surface area contributed by atoms with Gasteiger partial charge in [0.15, 0.2) is 10.8 Å². The molecule has 0 unspecified atom stereocenters. The van der Waals surface area contributed by atoms with Crippen LogP contribution in [0.5, 0.6) is 0 Å². The van der Waals surface area contributed by atoms with Crippen molar-refractivity contribution >= 4 is 22.4 Å². The number of aromatic nitrogens is 1. The first kappa shape index (κ1) is 15.0. The predicted molar refractivity (Wildman–Crippen MR) is 75.6 cm³/mol. The van der Waals surface area contributed by atoms with E-state index >= 15 is 0 Å². The normalized spacial score (nSPS) is 12.6. The van der Waals surface area contributed by atoms with E-state index in [0.717, 1.165) is 11.3 Å². The van der Waals surface area contributed by atoms with E-state index in [4.69, 9.17) is 5.11 Å². The molecule has 0 aliphatic heterocycles. The van der Waals surface area contributed by atoms with Crippen molar-refractivity contribution in [1.29, 1.82) is 0 Å². The zero-order valence-corrected chi connectivity index (χ0v) is 12.7. The molecule has 0 bridgehead atoms. The molecule has 0 amide bonds. The lowest BCUT2D eigenvalue weighted by Crippen LogP contribution is -2.35. The van der Waals surface area contributed by atoms with E-state index in [9.17, 15) is 4.79 Å². The molecule has 0 spiro atoms. The molecule has 1 rings (SSSR count). The number of nitrogens with one attached hydrogen (secondary N) is 1. The summed E-state index contributed by atoms with van der Waals surface area (Å²) in [6, 6.07) is 0. The number of carboxylic acid groups (broad SMARTS) is 1. The van der Waals surface area contributed by atoms with Crippen LogP contribution in [0.25, 0.3) is 0 Å². The second kappa shape index (κ2) is 4.88. The third-order valence-electron chi connectivity index (χ3n) is 2.42. The highest BCUT2D eigenvalue weighted by Crippen LogP contribution is 2.31. The van der Waals surface area contributed by atoms with Crippen molar-refractivity contribution < 1.29 is 9.90 Å². The highest BCUT2D eigenvalue weighted by Gasteiger charge is 2.27. The molecule has 0 atom stereocenters. The molecule has 0 aliphatic rings. The fraction of sp³-hybridized carbons (Fsp3) is 0.692. The van der Waals surface area contributed by atoms with Gasteiger partial charge in [0.25, 0.3) is 0 Å². The quantitative estimate of drug-likeness (QED) is 0.874. The molecule has 0 saturated carbocycles. The molecule has 0 radical (unpaired) electrons. The summed E-state index contributed by atoms with van der Waals surface area (Å²) >= 11 is 1.39. The van der Waals surface area contributed by atoms with Crippen LogP contribution in [0, 0.1) is 12.3 Å². The van der Waals surface area contributed by atoms with Crippen molar-refractivity contribution in [3.8, 4) is 0 Å². The standard InChI is InChI=1S/C13H22N2O2S/c1-8-9(10(16)17)14-11(18-8)15-13(5,6)7-12(2,3)4/h7H2,1-6H3,(H,14,15)(H,16,17). The van der Waals surface area contributed by atoms with Crippen LogP contribution < -0.4 is 5.32 Å². The van der Waals surface area contributed by atoms with E-state index in [-0.39, 0.29) is 16.6 Å². The second-order valence-electron chi connectivity index (χ2n) is 6.48. The number of nitrogens with zero attached hydrogens (tertiary/aromatic N) is 1. The number of thiazole rings is 1. The molecule has 1 aromatic heterocycles. The summed E-state index contributed by atoms with van der Waals surface area (Å²) in [6.07, 6.45) is 0.973. The van der Waals surface area contributed by atoms with E-state index in [2.05, 4.69) is 44.9 Å². The van der Waals surface area contributed by atoms with Crippen LogP contribution in [-0.2, 0) is 0 Å². The van der Waals surface area contributed by atoms with E-state index in [1.165, 1.54) is 11.3 Å². The van der Waals surface area contributed by atoms with Crippen molar-refractivity contribution in [1.82, 2.24) is 4.98 Å². The minimum atomic E-state index is -0.967. The summed E-state index contributed by atoms with van der Waals surface area (Å²) in [7, 11) is 0. The first-order valence-corrected chi connectivity index (χ1v) is 6.81. The second-order valence-corrected chi connectivity index (χ2v) is 7.68. The van der Waals surface area contributed by atoms with Crippen molar-refractivity contribution in [2.45, 2.75) is 53.5 Å².